The lowest BCUT2D eigenvalue weighted by molar-refractivity contribution is 0.0603. The van der Waals surface area contributed by atoms with Gasteiger partial charge in [0.1, 0.15) is 0 Å². The van der Waals surface area contributed by atoms with Gasteiger partial charge in [-0.3, -0.25) is 0 Å². The van der Waals surface area contributed by atoms with Crippen LogP contribution in [-0.4, -0.2) is 23.8 Å². The Kier molecular flexibility index (Phi) is 4.98. The average Bonchev–Trinajstić information content (AvgIpc) is 3.05. The van der Waals surface area contributed by atoms with Gasteiger partial charge in [0.05, 0.1) is 12.7 Å². The topological polar surface area (TPSA) is 65.9 Å². The standard InChI is InChI=1S/C21H22N2O2/c1-14(22)5-3-6-15-9-11-16(12-10-15)20-13-18-17(21(24)25-2)7-4-8-19(18)23-20/h4,7-13,22-23H,3,5-6H2,1-2H3. The minimum atomic E-state index is -0.326. The zero-order chi connectivity index (χ0) is 17.8. The predicted octanol–water partition coefficient (Wildman–Crippen LogP) is 4.98. The van der Waals surface area contributed by atoms with Gasteiger partial charge >= 0.3 is 5.97 Å². The summed E-state index contributed by atoms with van der Waals surface area (Å²) in [5.74, 6) is -0.326. The molecule has 128 valence electrons. The second-order valence-corrected chi connectivity index (χ2v) is 6.27. The lowest BCUT2D eigenvalue weighted by Crippen LogP contribution is -2.00. The summed E-state index contributed by atoms with van der Waals surface area (Å²) in [6.07, 6.45) is 2.83. The van der Waals surface area contributed by atoms with Gasteiger partial charge in [0.15, 0.2) is 0 Å². The first kappa shape index (κ1) is 17.0. The molecule has 0 atom stereocenters. The third-order valence-electron chi connectivity index (χ3n) is 4.35. The molecule has 4 nitrogen and oxygen atoms in total. The molecular formula is C21H22N2O2. The zero-order valence-electron chi connectivity index (χ0n) is 14.6. The fraction of sp³-hybridized carbons (Fsp3) is 0.238. The molecule has 1 aromatic heterocycles. The van der Waals surface area contributed by atoms with Crippen LogP contribution in [0.25, 0.3) is 22.2 Å². The average molecular weight is 334 g/mol. The Bertz CT molecular complexity index is 907. The molecule has 0 saturated heterocycles. The van der Waals surface area contributed by atoms with Crippen molar-refractivity contribution in [3.63, 3.8) is 0 Å². The molecule has 4 heteroatoms. The molecule has 0 fully saturated rings. The maximum atomic E-state index is 11.9. The van der Waals surface area contributed by atoms with Gasteiger partial charge < -0.3 is 15.1 Å². The molecule has 1 heterocycles. The number of ether oxygens (including phenoxy) is 1. The number of fused-ring (bicyclic) bond motifs is 1. The first-order valence-corrected chi connectivity index (χ1v) is 8.42. The third kappa shape index (κ3) is 3.79. The van der Waals surface area contributed by atoms with Crippen molar-refractivity contribution < 1.29 is 9.53 Å². The number of nitrogens with one attached hydrogen (secondary N) is 2. The number of esters is 1. The molecule has 2 aromatic carbocycles. The second kappa shape index (κ2) is 7.34. The Balaban J connectivity index is 1.84. The van der Waals surface area contributed by atoms with Crippen LogP contribution >= 0.6 is 0 Å². The third-order valence-corrected chi connectivity index (χ3v) is 4.35. The smallest absolute Gasteiger partial charge is 0.338 e. The highest BCUT2D eigenvalue weighted by molar-refractivity contribution is 6.05. The monoisotopic (exact) mass is 334 g/mol. The SMILES string of the molecule is COC(=O)c1cccc2[nH]c(-c3ccc(CCCC(C)=N)cc3)cc12. The Hall–Kier alpha value is -2.88. The normalized spacial score (nSPS) is 10.8. The number of aryl methyl sites for hydroxylation is 1. The number of H-pyrrole nitrogens is 1. The Morgan fingerprint density at radius 3 is 2.60 bits per heavy atom. The quantitative estimate of drug-likeness (QED) is 0.493. The maximum absolute atomic E-state index is 11.9. The van der Waals surface area contributed by atoms with Crippen molar-refractivity contribution in [3.05, 3.63) is 59.7 Å². The molecule has 3 rings (SSSR count). The van der Waals surface area contributed by atoms with Gasteiger partial charge in [-0.2, -0.15) is 0 Å². The van der Waals surface area contributed by atoms with Gasteiger partial charge in [-0.15, -0.1) is 0 Å². The van der Waals surface area contributed by atoms with Crippen molar-refractivity contribution in [2.24, 2.45) is 0 Å². The molecule has 0 saturated carbocycles. The van der Waals surface area contributed by atoms with Crippen molar-refractivity contribution in [1.82, 2.24) is 4.98 Å². The summed E-state index contributed by atoms with van der Waals surface area (Å²) in [4.78, 5) is 15.3. The summed E-state index contributed by atoms with van der Waals surface area (Å²) in [6.45, 7) is 1.85. The predicted molar refractivity (Wildman–Crippen MR) is 101 cm³/mol. The van der Waals surface area contributed by atoms with Crippen molar-refractivity contribution >= 4 is 22.6 Å². The molecular weight excluding hydrogens is 312 g/mol. The number of aromatic amines is 1. The highest BCUT2D eigenvalue weighted by Gasteiger charge is 2.13. The molecule has 0 radical (unpaired) electrons. The number of carbonyl (C=O) groups excluding carboxylic acids is 1. The minimum Gasteiger partial charge on any atom is -0.465 e. The summed E-state index contributed by atoms with van der Waals surface area (Å²) >= 11 is 0. The first-order chi connectivity index (χ1) is 12.1. The van der Waals surface area contributed by atoms with E-state index in [4.69, 9.17) is 10.1 Å². The fourth-order valence-electron chi connectivity index (χ4n) is 3.01. The van der Waals surface area contributed by atoms with Crippen molar-refractivity contribution in [3.8, 4) is 11.3 Å². The summed E-state index contributed by atoms with van der Waals surface area (Å²) in [7, 11) is 1.40. The molecule has 0 spiro atoms. The van der Waals surface area contributed by atoms with Crippen LogP contribution in [0.15, 0.2) is 48.5 Å². The van der Waals surface area contributed by atoms with Crippen molar-refractivity contribution in [2.75, 3.05) is 7.11 Å². The highest BCUT2D eigenvalue weighted by atomic mass is 16.5. The van der Waals surface area contributed by atoms with E-state index in [9.17, 15) is 4.79 Å². The fourth-order valence-corrected chi connectivity index (χ4v) is 3.01. The van der Waals surface area contributed by atoms with Crippen LogP contribution in [0.2, 0.25) is 0 Å². The van der Waals surface area contributed by atoms with E-state index in [-0.39, 0.29) is 5.97 Å². The van der Waals surface area contributed by atoms with Crippen LogP contribution in [-0.2, 0) is 11.2 Å². The second-order valence-electron chi connectivity index (χ2n) is 6.27. The Labute approximate surface area is 147 Å². The van der Waals surface area contributed by atoms with E-state index in [0.717, 1.165) is 47.1 Å². The number of hydrogen-bond donors (Lipinski definition) is 2. The Morgan fingerprint density at radius 2 is 1.92 bits per heavy atom. The number of aromatic nitrogens is 1. The van der Waals surface area contributed by atoms with Gasteiger partial charge in [0, 0.05) is 22.3 Å². The largest absolute Gasteiger partial charge is 0.465 e. The van der Waals surface area contributed by atoms with Gasteiger partial charge in [-0.25, -0.2) is 4.79 Å². The number of benzene rings is 2. The first-order valence-electron chi connectivity index (χ1n) is 8.42. The van der Waals surface area contributed by atoms with E-state index in [1.165, 1.54) is 12.7 Å². The lowest BCUT2D eigenvalue weighted by Gasteiger charge is -2.03. The summed E-state index contributed by atoms with van der Waals surface area (Å²) in [6, 6.07) is 16.0. The van der Waals surface area contributed by atoms with Gasteiger partial charge in [0.25, 0.3) is 0 Å². The van der Waals surface area contributed by atoms with Crippen LogP contribution in [0, 0.1) is 5.41 Å². The minimum absolute atomic E-state index is 0.326. The van der Waals surface area contributed by atoms with E-state index in [2.05, 4.69) is 29.2 Å². The lowest BCUT2D eigenvalue weighted by atomic mass is 10.0. The molecule has 0 amide bonds. The van der Waals surface area contributed by atoms with Crippen LogP contribution < -0.4 is 0 Å². The van der Waals surface area contributed by atoms with E-state index in [0.29, 0.717) is 5.56 Å². The van der Waals surface area contributed by atoms with Gasteiger partial charge in [-0.1, -0.05) is 30.3 Å². The molecule has 0 unspecified atom stereocenters. The summed E-state index contributed by atoms with van der Waals surface area (Å²) < 4.78 is 4.86. The van der Waals surface area contributed by atoms with E-state index in [1.54, 1.807) is 6.07 Å². The highest BCUT2D eigenvalue weighted by Crippen LogP contribution is 2.27. The molecule has 0 aliphatic heterocycles. The van der Waals surface area contributed by atoms with Crippen molar-refractivity contribution in [2.45, 2.75) is 26.2 Å². The number of hydrogen-bond acceptors (Lipinski definition) is 3. The number of carbonyl (C=O) groups is 1. The van der Waals surface area contributed by atoms with E-state index >= 15 is 0 Å². The molecule has 3 aromatic rings. The van der Waals surface area contributed by atoms with E-state index in [1.807, 2.05) is 25.1 Å². The molecule has 25 heavy (non-hydrogen) atoms. The van der Waals surface area contributed by atoms with Crippen LogP contribution in [0.4, 0.5) is 0 Å². The molecule has 0 aliphatic rings. The number of methoxy groups -OCH3 is 1. The van der Waals surface area contributed by atoms with Crippen molar-refractivity contribution in [1.29, 1.82) is 5.41 Å². The van der Waals surface area contributed by atoms with Gasteiger partial charge in [-0.05, 0) is 55.5 Å². The van der Waals surface area contributed by atoms with Crippen LogP contribution in [0.1, 0.15) is 35.7 Å². The molecule has 0 bridgehead atoms. The molecule has 2 N–H and O–H groups in total. The van der Waals surface area contributed by atoms with Crippen LogP contribution in [0.5, 0.6) is 0 Å². The van der Waals surface area contributed by atoms with Crippen LogP contribution in [0.3, 0.4) is 0 Å². The van der Waals surface area contributed by atoms with E-state index < -0.39 is 0 Å². The zero-order valence-corrected chi connectivity index (χ0v) is 14.6. The van der Waals surface area contributed by atoms with Gasteiger partial charge in [0.2, 0.25) is 0 Å². The maximum Gasteiger partial charge on any atom is 0.338 e. The number of rotatable bonds is 6. The summed E-state index contributed by atoms with van der Waals surface area (Å²) in [5.41, 5.74) is 5.56. The molecule has 0 aliphatic carbocycles. The summed E-state index contributed by atoms with van der Waals surface area (Å²) in [5, 5.41) is 8.35. The Morgan fingerprint density at radius 1 is 1.16 bits per heavy atom.